The molecule has 0 aliphatic carbocycles. The van der Waals surface area contributed by atoms with Gasteiger partial charge in [0.05, 0.1) is 7.11 Å². The van der Waals surface area contributed by atoms with Crippen LogP contribution in [0.15, 0.2) is 12.1 Å². The van der Waals surface area contributed by atoms with E-state index in [4.69, 9.17) is 10.5 Å². The van der Waals surface area contributed by atoms with Gasteiger partial charge in [0.2, 0.25) is 0 Å². The van der Waals surface area contributed by atoms with Gasteiger partial charge in [-0.25, -0.2) is 0 Å². The van der Waals surface area contributed by atoms with Gasteiger partial charge in [0.1, 0.15) is 5.75 Å². The number of ether oxygens (including phenoxy) is 1. The van der Waals surface area contributed by atoms with Crippen molar-refractivity contribution < 1.29 is 4.74 Å². The molecule has 102 valence electrons. The number of anilines is 1. The molecule has 0 bridgehead atoms. The van der Waals surface area contributed by atoms with Gasteiger partial charge in [-0.1, -0.05) is 13.8 Å². The number of nitrogens with two attached hydrogens (primary N) is 1. The minimum atomic E-state index is 0.237. The summed E-state index contributed by atoms with van der Waals surface area (Å²) < 4.78 is 5.44. The van der Waals surface area contributed by atoms with E-state index in [-0.39, 0.29) is 6.04 Å². The highest BCUT2D eigenvalue weighted by Crippen LogP contribution is 2.31. The lowest BCUT2D eigenvalue weighted by Crippen LogP contribution is -2.19. The molecule has 1 atom stereocenters. The van der Waals surface area contributed by atoms with Crippen LogP contribution >= 0.6 is 0 Å². The fourth-order valence-electron chi connectivity index (χ4n) is 1.95. The Kier molecular flexibility index (Phi) is 5.48. The molecule has 0 heterocycles. The monoisotopic (exact) mass is 250 g/mol. The van der Waals surface area contributed by atoms with E-state index < -0.39 is 0 Å². The van der Waals surface area contributed by atoms with Crippen LogP contribution in [0.1, 0.15) is 44.2 Å². The lowest BCUT2D eigenvalue weighted by Gasteiger charge is -2.17. The van der Waals surface area contributed by atoms with Crippen molar-refractivity contribution >= 4 is 5.69 Å². The van der Waals surface area contributed by atoms with E-state index in [9.17, 15) is 0 Å². The molecule has 1 rings (SSSR count). The van der Waals surface area contributed by atoms with Gasteiger partial charge in [-0.05, 0) is 49.4 Å². The van der Waals surface area contributed by atoms with Gasteiger partial charge in [0, 0.05) is 18.3 Å². The smallest absolute Gasteiger partial charge is 0.122 e. The van der Waals surface area contributed by atoms with Crippen molar-refractivity contribution in [3.63, 3.8) is 0 Å². The summed E-state index contributed by atoms with van der Waals surface area (Å²) in [5.74, 6) is 1.43. The van der Waals surface area contributed by atoms with Crippen LogP contribution in [0.5, 0.6) is 5.75 Å². The van der Waals surface area contributed by atoms with Crippen molar-refractivity contribution in [1.82, 2.24) is 0 Å². The van der Waals surface area contributed by atoms with Crippen molar-refractivity contribution in [2.75, 3.05) is 19.0 Å². The van der Waals surface area contributed by atoms with E-state index in [0.717, 1.165) is 18.7 Å². The summed E-state index contributed by atoms with van der Waals surface area (Å²) >= 11 is 0. The number of hydrogen-bond donors (Lipinski definition) is 2. The minimum absolute atomic E-state index is 0.237. The van der Waals surface area contributed by atoms with Crippen LogP contribution in [0.4, 0.5) is 5.69 Å². The second-order valence-corrected chi connectivity index (χ2v) is 5.26. The molecule has 0 saturated carbocycles. The molecule has 1 aromatic rings. The summed E-state index contributed by atoms with van der Waals surface area (Å²) in [6, 6.07) is 4.53. The maximum absolute atomic E-state index is 5.76. The number of rotatable bonds is 6. The Morgan fingerprint density at radius 1 is 1.28 bits per heavy atom. The van der Waals surface area contributed by atoms with E-state index in [1.807, 2.05) is 6.92 Å². The SMILES string of the molecule is COc1cc(C)c(NCCC(C)N)cc1C(C)C. The Hall–Kier alpha value is -1.22. The van der Waals surface area contributed by atoms with Gasteiger partial charge in [0.15, 0.2) is 0 Å². The van der Waals surface area contributed by atoms with E-state index in [2.05, 4.69) is 38.2 Å². The average molecular weight is 250 g/mol. The summed E-state index contributed by atoms with van der Waals surface area (Å²) in [7, 11) is 1.73. The zero-order valence-electron chi connectivity index (χ0n) is 12.2. The van der Waals surface area contributed by atoms with Crippen molar-refractivity contribution in [3.8, 4) is 5.75 Å². The highest BCUT2D eigenvalue weighted by molar-refractivity contribution is 5.58. The summed E-state index contributed by atoms with van der Waals surface area (Å²) in [6.07, 6.45) is 0.975. The Bertz CT molecular complexity index is 386. The summed E-state index contributed by atoms with van der Waals surface area (Å²) in [5.41, 5.74) is 9.39. The van der Waals surface area contributed by atoms with Gasteiger partial charge in [0.25, 0.3) is 0 Å². The molecule has 1 aromatic carbocycles. The average Bonchev–Trinajstić information content (AvgIpc) is 2.29. The summed E-state index contributed by atoms with van der Waals surface area (Å²) in [4.78, 5) is 0. The Balaban J connectivity index is 2.88. The van der Waals surface area contributed by atoms with Crippen LogP contribution in [-0.2, 0) is 0 Å². The normalized spacial score (nSPS) is 12.6. The second-order valence-electron chi connectivity index (χ2n) is 5.26. The predicted octanol–water partition coefficient (Wildman–Crippen LogP) is 3.28. The molecule has 1 unspecified atom stereocenters. The second kappa shape index (κ2) is 6.64. The maximum atomic E-state index is 5.76. The van der Waals surface area contributed by atoms with Gasteiger partial charge in [-0.3, -0.25) is 0 Å². The van der Waals surface area contributed by atoms with E-state index in [0.29, 0.717) is 5.92 Å². The van der Waals surface area contributed by atoms with Crippen molar-refractivity contribution in [2.24, 2.45) is 5.73 Å². The third-order valence-corrected chi connectivity index (χ3v) is 3.11. The van der Waals surface area contributed by atoms with E-state index in [1.165, 1.54) is 16.8 Å². The number of nitrogens with one attached hydrogen (secondary N) is 1. The lowest BCUT2D eigenvalue weighted by molar-refractivity contribution is 0.407. The van der Waals surface area contributed by atoms with Gasteiger partial charge >= 0.3 is 0 Å². The molecular formula is C15H26N2O. The third kappa shape index (κ3) is 3.91. The first-order valence-electron chi connectivity index (χ1n) is 6.63. The first kappa shape index (κ1) is 14.8. The fraction of sp³-hybridized carbons (Fsp3) is 0.600. The molecular weight excluding hydrogens is 224 g/mol. The topological polar surface area (TPSA) is 47.3 Å². The van der Waals surface area contributed by atoms with Gasteiger partial charge in [-0.2, -0.15) is 0 Å². The maximum Gasteiger partial charge on any atom is 0.122 e. The molecule has 0 aliphatic heterocycles. The minimum Gasteiger partial charge on any atom is -0.496 e. The number of methoxy groups -OCH3 is 1. The Labute approximate surface area is 111 Å². The van der Waals surface area contributed by atoms with Crippen molar-refractivity contribution in [1.29, 1.82) is 0 Å². The Morgan fingerprint density at radius 2 is 1.94 bits per heavy atom. The molecule has 0 aromatic heterocycles. The molecule has 0 spiro atoms. The van der Waals surface area contributed by atoms with Gasteiger partial charge < -0.3 is 15.8 Å². The first-order valence-corrected chi connectivity index (χ1v) is 6.63. The van der Waals surface area contributed by atoms with Crippen molar-refractivity contribution in [3.05, 3.63) is 23.3 Å². The molecule has 3 heteroatoms. The number of aryl methyl sites for hydroxylation is 1. The summed E-state index contributed by atoms with van der Waals surface area (Å²) in [6.45, 7) is 9.39. The number of benzene rings is 1. The largest absolute Gasteiger partial charge is 0.496 e. The lowest BCUT2D eigenvalue weighted by atomic mass is 9.99. The predicted molar refractivity (Wildman–Crippen MR) is 78.6 cm³/mol. The molecule has 18 heavy (non-hydrogen) atoms. The summed E-state index contributed by atoms with van der Waals surface area (Å²) in [5, 5.41) is 3.46. The quantitative estimate of drug-likeness (QED) is 0.814. The first-order chi connectivity index (χ1) is 8.45. The molecule has 0 fully saturated rings. The van der Waals surface area contributed by atoms with E-state index >= 15 is 0 Å². The van der Waals surface area contributed by atoms with Crippen LogP contribution in [0, 0.1) is 6.92 Å². The molecule has 3 N–H and O–H groups in total. The molecule has 0 radical (unpaired) electrons. The zero-order valence-corrected chi connectivity index (χ0v) is 12.2. The van der Waals surface area contributed by atoms with Crippen LogP contribution in [0.25, 0.3) is 0 Å². The highest BCUT2D eigenvalue weighted by atomic mass is 16.5. The molecule has 0 amide bonds. The van der Waals surface area contributed by atoms with Gasteiger partial charge in [-0.15, -0.1) is 0 Å². The van der Waals surface area contributed by atoms with Crippen LogP contribution < -0.4 is 15.8 Å². The van der Waals surface area contributed by atoms with Crippen LogP contribution in [0.3, 0.4) is 0 Å². The van der Waals surface area contributed by atoms with Crippen LogP contribution in [-0.4, -0.2) is 19.7 Å². The van der Waals surface area contributed by atoms with E-state index in [1.54, 1.807) is 7.11 Å². The molecule has 3 nitrogen and oxygen atoms in total. The van der Waals surface area contributed by atoms with Crippen molar-refractivity contribution in [2.45, 2.75) is 46.1 Å². The Morgan fingerprint density at radius 3 is 2.44 bits per heavy atom. The third-order valence-electron chi connectivity index (χ3n) is 3.11. The molecule has 0 saturated heterocycles. The standard InChI is InChI=1S/C15H26N2O/c1-10(2)13-9-14(17-7-6-12(4)16)11(3)8-15(13)18-5/h8-10,12,17H,6-7,16H2,1-5H3. The molecule has 0 aliphatic rings. The van der Waals surface area contributed by atoms with Crippen LogP contribution in [0.2, 0.25) is 0 Å². The fourth-order valence-corrected chi connectivity index (χ4v) is 1.95. The highest BCUT2D eigenvalue weighted by Gasteiger charge is 2.10. The number of hydrogen-bond acceptors (Lipinski definition) is 3. The zero-order chi connectivity index (χ0) is 13.7.